The first-order valence-corrected chi connectivity index (χ1v) is 11.0. The van der Waals surface area contributed by atoms with Crippen molar-refractivity contribution in [2.24, 2.45) is 0 Å². The summed E-state index contributed by atoms with van der Waals surface area (Å²) in [7, 11) is 3.14. The van der Waals surface area contributed by atoms with Crippen molar-refractivity contribution < 1.29 is 14.3 Å². The molecule has 1 aliphatic heterocycles. The molecule has 0 bridgehead atoms. The number of aromatic nitrogens is 2. The van der Waals surface area contributed by atoms with Crippen molar-refractivity contribution >= 4 is 39.9 Å². The van der Waals surface area contributed by atoms with E-state index in [9.17, 15) is 4.79 Å². The van der Waals surface area contributed by atoms with Crippen molar-refractivity contribution in [2.45, 2.75) is 13.1 Å². The highest BCUT2D eigenvalue weighted by Crippen LogP contribution is 2.33. The van der Waals surface area contributed by atoms with Gasteiger partial charge in [-0.05, 0) is 42.5 Å². The van der Waals surface area contributed by atoms with Gasteiger partial charge >= 0.3 is 0 Å². The van der Waals surface area contributed by atoms with E-state index in [1.54, 1.807) is 32.4 Å². The van der Waals surface area contributed by atoms with Gasteiger partial charge in [0.15, 0.2) is 0 Å². The number of halogens is 1. The lowest BCUT2D eigenvalue weighted by atomic mass is 10.1. The van der Waals surface area contributed by atoms with Crippen molar-refractivity contribution in [2.75, 3.05) is 31.0 Å². The molecule has 8 heteroatoms. The third kappa shape index (κ3) is 3.96. The van der Waals surface area contributed by atoms with Crippen LogP contribution in [0.15, 0.2) is 60.7 Å². The smallest absolute Gasteiger partial charge is 0.259 e. The van der Waals surface area contributed by atoms with Gasteiger partial charge in [0.05, 0.1) is 43.0 Å². The van der Waals surface area contributed by atoms with Gasteiger partial charge in [0.25, 0.3) is 5.91 Å². The number of rotatable bonds is 5. The van der Waals surface area contributed by atoms with Crippen LogP contribution in [-0.4, -0.2) is 36.2 Å². The van der Waals surface area contributed by atoms with Gasteiger partial charge in [0, 0.05) is 29.9 Å². The zero-order valence-corrected chi connectivity index (χ0v) is 19.1. The molecule has 1 N–H and O–H groups in total. The molecule has 0 atom stereocenters. The highest BCUT2D eigenvalue weighted by molar-refractivity contribution is 6.31. The normalized spacial score (nSPS) is 13.0. The van der Waals surface area contributed by atoms with Crippen LogP contribution in [0.5, 0.6) is 11.5 Å². The van der Waals surface area contributed by atoms with E-state index < -0.39 is 0 Å². The molecule has 0 fully saturated rings. The van der Waals surface area contributed by atoms with Gasteiger partial charge in [-0.25, -0.2) is 4.98 Å². The summed E-state index contributed by atoms with van der Waals surface area (Å²) in [5.74, 6) is 1.83. The molecular formula is C25H23ClN4O3. The standard InChI is InChI=1S/C25H23ClN4O3/c1-32-22-6-4-3-5-18(22)25(31)28-19-9-8-17(14-23(19)33-2)29-11-12-30-21-10-7-16(26)13-20(21)27-24(30)15-29/h3-10,13-14H,11-12,15H2,1-2H3,(H,28,31). The Hall–Kier alpha value is -3.71. The highest BCUT2D eigenvalue weighted by atomic mass is 35.5. The number of anilines is 2. The zero-order valence-electron chi connectivity index (χ0n) is 18.3. The second-order valence-electron chi connectivity index (χ2n) is 7.77. The van der Waals surface area contributed by atoms with E-state index >= 15 is 0 Å². The first kappa shape index (κ1) is 21.2. The summed E-state index contributed by atoms with van der Waals surface area (Å²) in [6.07, 6.45) is 0. The Morgan fingerprint density at radius 2 is 1.82 bits per heavy atom. The minimum absolute atomic E-state index is 0.260. The van der Waals surface area contributed by atoms with E-state index in [1.807, 2.05) is 42.5 Å². The van der Waals surface area contributed by atoms with Gasteiger partial charge in [0.2, 0.25) is 0 Å². The number of amides is 1. The van der Waals surface area contributed by atoms with Crippen molar-refractivity contribution in [3.63, 3.8) is 0 Å². The zero-order chi connectivity index (χ0) is 22.9. The second-order valence-corrected chi connectivity index (χ2v) is 8.21. The number of hydrogen-bond acceptors (Lipinski definition) is 5. The predicted octanol–water partition coefficient (Wildman–Crippen LogP) is 4.98. The van der Waals surface area contributed by atoms with Crippen LogP contribution in [0.25, 0.3) is 11.0 Å². The number of fused-ring (bicyclic) bond motifs is 3. The SMILES string of the molecule is COc1cc(N2CCn3c(nc4cc(Cl)ccc43)C2)ccc1NC(=O)c1ccccc1OC. The van der Waals surface area contributed by atoms with Crippen LogP contribution < -0.4 is 19.7 Å². The number of ether oxygens (including phenoxy) is 2. The van der Waals surface area contributed by atoms with E-state index in [-0.39, 0.29) is 5.91 Å². The Morgan fingerprint density at radius 3 is 2.64 bits per heavy atom. The van der Waals surface area contributed by atoms with Crippen molar-refractivity contribution in [3.8, 4) is 11.5 Å². The van der Waals surface area contributed by atoms with Crippen molar-refractivity contribution in [1.29, 1.82) is 0 Å². The summed E-state index contributed by atoms with van der Waals surface area (Å²) in [4.78, 5) is 19.8. The van der Waals surface area contributed by atoms with E-state index in [2.05, 4.69) is 14.8 Å². The van der Waals surface area contributed by atoms with E-state index in [0.29, 0.717) is 34.3 Å². The molecule has 0 spiro atoms. The molecule has 7 nitrogen and oxygen atoms in total. The maximum absolute atomic E-state index is 12.8. The maximum atomic E-state index is 12.8. The fourth-order valence-electron chi connectivity index (χ4n) is 4.22. The number of carbonyl (C=O) groups excluding carboxylic acids is 1. The Labute approximate surface area is 196 Å². The predicted molar refractivity (Wildman–Crippen MR) is 130 cm³/mol. The first-order valence-electron chi connectivity index (χ1n) is 10.6. The minimum atomic E-state index is -0.260. The minimum Gasteiger partial charge on any atom is -0.496 e. The third-order valence-electron chi connectivity index (χ3n) is 5.87. The molecule has 0 radical (unpaired) electrons. The Bertz CT molecular complexity index is 1350. The van der Waals surface area contributed by atoms with Crippen LogP contribution in [0.1, 0.15) is 16.2 Å². The van der Waals surface area contributed by atoms with Crippen LogP contribution in [0, 0.1) is 0 Å². The van der Waals surface area contributed by atoms with Crippen LogP contribution in [0.3, 0.4) is 0 Å². The average molecular weight is 463 g/mol. The molecule has 4 aromatic rings. The molecule has 3 aromatic carbocycles. The summed E-state index contributed by atoms with van der Waals surface area (Å²) >= 11 is 6.14. The topological polar surface area (TPSA) is 68.6 Å². The summed E-state index contributed by atoms with van der Waals surface area (Å²) < 4.78 is 13.1. The number of carbonyl (C=O) groups is 1. The van der Waals surface area contributed by atoms with E-state index in [1.165, 1.54) is 0 Å². The fraction of sp³-hybridized carbons (Fsp3) is 0.200. The van der Waals surface area contributed by atoms with Gasteiger partial charge in [-0.15, -0.1) is 0 Å². The lowest BCUT2D eigenvalue weighted by molar-refractivity contribution is 0.102. The lowest BCUT2D eigenvalue weighted by Crippen LogP contribution is -2.33. The lowest BCUT2D eigenvalue weighted by Gasteiger charge is -2.30. The van der Waals surface area contributed by atoms with Gasteiger partial charge in [0.1, 0.15) is 17.3 Å². The van der Waals surface area contributed by atoms with Gasteiger partial charge in [-0.2, -0.15) is 0 Å². The summed E-state index contributed by atoms with van der Waals surface area (Å²) in [5.41, 5.74) is 4.06. The largest absolute Gasteiger partial charge is 0.496 e. The number of nitrogens with one attached hydrogen (secondary N) is 1. The molecule has 0 saturated heterocycles. The number of nitrogens with zero attached hydrogens (tertiary/aromatic N) is 3. The number of imidazole rings is 1. The molecular weight excluding hydrogens is 440 g/mol. The molecule has 0 aliphatic carbocycles. The molecule has 0 unspecified atom stereocenters. The summed E-state index contributed by atoms with van der Waals surface area (Å²) in [6.45, 7) is 2.32. The summed E-state index contributed by atoms with van der Waals surface area (Å²) in [6, 6.07) is 18.7. The monoisotopic (exact) mass is 462 g/mol. The van der Waals surface area contributed by atoms with Crippen molar-refractivity contribution in [1.82, 2.24) is 9.55 Å². The highest BCUT2D eigenvalue weighted by Gasteiger charge is 2.22. The molecule has 5 rings (SSSR count). The first-order chi connectivity index (χ1) is 16.1. The Balaban J connectivity index is 1.38. The number of methoxy groups -OCH3 is 2. The number of benzene rings is 3. The molecule has 0 saturated carbocycles. The number of hydrogen-bond donors (Lipinski definition) is 1. The van der Waals surface area contributed by atoms with Gasteiger partial charge in [-0.1, -0.05) is 23.7 Å². The van der Waals surface area contributed by atoms with Crippen LogP contribution in [-0.2, 0) is 13.1 Å². The van der Waals surface area contributed by atoms with Crippen LogP contribution >= 0.6 is 11.6 Å². The second kappa shape index (κ2) is 8.67. The quantitative estimate of drug-likeness (QED) is 0.453. The number of para-hydroxylation sites is 1. The molecule has 1 aliphatic rings. The van der Waals surface area contributed by atoms with Gasteiger partial charge in [-0.3, -0.25) is 4.79 Å². The van der Waals surface area contributed by atoms with Crippen molar-refractivity contribution in [3.05, 3.63) is 77.1 Å². The van der Waals surface area contributed by atoms with Crippen LogP contribution in [0.2, 0.25) is 5.02 Å². The Kier molecular flexibility index (Phi) is 5.56. The summed E-state index contributed by atoms with van der Waals surface area (Å²) in [5, 5.41) is 3.62. The average Bonchev–Trinajstić information content (AvgIpc) is 3.20. The third-order valence-corrected chi connectivity index (χ3v) is 6.10. The van der Waals surface area contributed by atoms with E-state index in [4.69, 9.17) is 26.1 Å². The molecule has 1 aromatic heterocycles. The van der Waals surface area contributed by atoms with Crippen LogP contribution in [0.4, 0.5) is 11.4 Å². The molecule has 2 heterocycles. The molecule has 168 valence electrons. The Morgan fingerprint density at radius 1 is 1.00 bits per heavy atom. The molecule has 33 heavy (non-hydrogen) atoms. The maximum Gasteiger partial charge on any atom is 0.259 e. The van der Waals surface area contributed by atoms with E-state index in [0.717, 1.165) is 35.6 Å². The molecule has 1 amide bonds. The van der Waals surface area contributed by atoms with Gasteiger partial charge < -0.3 is 24.3 Å². The fourth-order valence-corrected chi connectivity index (χ4v) is 4.38.